The van der Waals surface area contributed by atoms with Crippen LogP contribution in [0.4, 0.5) is 4.39 Å². The van der Waals surface area contributed by atoms with Gasteiger partial charge in [0.2, 0.25) is 0 Å². The molecule has 25 heavy (non-hydrogen) atoms. The summed E-state index contributed by atoms with van der Waals surface area (Å²) >= 11 is 0. The first-order valence-corrected chi connectivity index (χ1v) is 8.74. The van der Waals surface area contributed by atoms with Crippen molar-refractivity contribution < 1.29 is 13.9 Å². The Bertz CT molecular complexity index is 494. The number of nitrogens with one attached hydrogen (secondary N) is 2. The lowest BCUT2D eigenvalue weighted by Gasteiger charge is -2.12. The smallest absolute Gasteiger partial charge is 0.191 e. The third-order valence-corrected chi connectivity index (χ3v) is 3.78. The number of halogens is 2. The van der Waals surface area contributed by atoms with E-state index in [1.807, 2.05) is 19.1 Å². The van der Waals surface area contributed by atoms with Gasteiger partial charge >= 0.3 is 0 Å². The van der Waals surface area contributed by atoms with Gasteiger partial charge in [-0.05, 0) is 43.9 Å². The van der Waals surface area contributed by atoms with E-state index in [1.165, 1.54) is 12.1 Å². The molecule has 1 heterocycles. The van der Waals surface area contributed by atoms with E-state index in [2.05, 4.69) is 15.6 Å². The summed E-state index contributed by atoms with van der Waals surface area (Å²) in [5, 5.41) is 6.53. The van der Waals surface area contributed by atoms with Gasteiger partial charge in [0.1, 0.15) is 5.82 Å². The van der Waals surface area contributed by atoms with Gasteiger partial charge in [0.15, 0.2) is 5.96 Å². The maximum Gasteiger partial charge on any atom is 0.191 e. The second-order valence-corrected chi connectivity index (χ2v) is 5.77. The SMILES string of the molecule is CCNC(=NCCCOC1CCOC1)NCCc1ccc(F)cc1.I. The van der Waals surface area contributed by atoms with Crippen molar-refractivity contribution in [3.8, 4) is 0 Å². The van der Waals surface area contributed by atoms with Crippen molar-refractivity contribution in [2.45, 2.75) is 32.3 Å². The Morgan fingerprint density at radius 2 is 2.12 bits per heavy atom. The van der Waals surface area contributed by atoms with E-state index in [4.69, 9.17) is 9.47 Å². The molecule has 0 bridgehead atoms. The van der Waals surface area contributed by atoms with Crippen molar-refractivity contribution in [1.82, 2.24) is 10.6 Å². The van der Waals surface area contributed by atoms with Gasteiger partial charge in [0.05, 0.1) is 12.7 Å². The highest BCUT2D eigenvalue weighted by atomic mass is 127. The molecule has 0 amide bonds. The van der Waals surface area contributed by atoms with Gasteiger partial charge in [0.25, 0.3) is 0 Å². The van der Waals surface area contributed by atoms with Crippen LogP contribution in [0.2, 0.25) is 0 Å². The maximum atomic E-state index is 12.9. The van der Waals surface area contributed by atoms with Crippen LogP contribution in [0.1, 0.15) is 25.3 Å². The van der Waals surface area contributed by atoms with E-state index in [1.54, 1.807) is 0 Å². The zero-order chi connectivity index (χ0) is 17.0. The van der Waals surface area contributed by atoms with Crippen LogP contribution in [0.25, 0.3) is 0 Å². The monoisotopic (exact) mass is 465 g/mol. The molecule has 1 unspecified atom stereocenters. The number of hydrogen-bond donors (Lipinski definition) is 2. The number of aliphatic imine (C=N–C) groups is 1. The average Bonchev–Trinajstić information content (AvgIpc) is 3.10. The Morgan fingerprint density at radius 1 is 1.32 bits per heavy atom. The van der Waals surface area contributed by atoms with Gasteiger partial charge in [-0.3, -0.25) is 4.99 Å². The Kier molecular flexibility index (Phi) is 11.8. The highest BCUT2D eigenvalue weighted by molar-refractivity contribution is 14.0. The minimum atomic E-state index is -0.201. The summed E-state index contributed by atoms with van der Waals surface area (Å²) in [6.07, 6.45) is 2.98. The molecule has 5 nitrogen and oxygen atoms in total. The van der Waals surface area contributed by atoms with Crippen molar-refractivity contribution in [2.75, 3.05) is 39.5 Å². The van der Waals surface area contributed by atoms with Gasteiger partial charge < -0.3 is 20.1 Å². The molecule has 142 valence electrons. The molecule has 2 N–H and O–H groups in total. The molecular weight excluding hydrogens is 436 g/mol. The van der Waals surface area contributed by atoms with E-state index >= 15 is 0 Å². The van der Waals surface area contributed by atoms with Crippen LogP contribution in [-0.4, -0.2) is 51.5 Å². The van der Waals surface area contributed by atoms with Gasteiger partial charge in [-0.25, -0.2) is 4.39 Å². The van der Waals surface area contributed by atoms with Crippen LogP contribution in [0.15, 0.2) is 29.3 Å². The van der Waals surface area contributed by atoms with E-state index < -0.39 is 0 Å². The molecule has 1 aliphatic heterocycles. The lowest BCUT2D eigenvalue weighted by Crippen LogP contribution is -2.38. The fourth-order valence-electron chi connectivity index (χ4n) is 2.47. The summed E-state index contributed by atoms with van der Waals surface area (Å²) in [5.41, 5.74) is 1.10. The minimum Gasteiger partial charge on any atom is -0.379 e. The fourth-order valence-corrected chi connectivity index (χ4v) is 2.47. The molecule has 0 radical (unpaired) electrons. The van der Waals surface area contributed by atoms with Gasteiger partial charge in [-0.1, -0.05) is 12.1 Å². The normalized spacial score (nSPS) is 17.2. The number of hydrogen-bond acceptors (Lipinski definition) is 3. The summed E-state index contributed by atoms with van der Waals surface area (Å²) in [7, 11) is 0. The highest BCUT2D eigenvalue weighted by Crippen LogP contribution is 2.08. The third-order valence-electron chi connectivity index (χ3n) is 3.78. The zero-order valence-electron chi connectivity index (χ0n) is 14.8. The predicted octanol–water partition coefficient (Wildman–Crippen LogP) is 2.74. The molecule has 1 aliphatic rings. The Morgan fingerprint density at radius 3 is 2.80 bits per heavy atom. The minimum absolute atomic E-state index is 0. The zero-order valence-corrected chi connectivity index (χ0v) is 17.1. The Balaban J connectivity index is 0.00000312. The molecule has 0 spiro atoms. The molecule has 7 heteroatoms. The Labute approximate surface area is 166 Å². The van der Waals surface area contributed by atoms with E-state index in [0.717, 1.165) is 63.6 Å². The largest absolute Gasteiger partial charge is 0.379 e. The van der Waals surface area contributed by atoms with E-state index in [9.17, 15) is 4.39 Å². The van der Waals surface area contributed by atoms with Crippen LogP contribution >= 0.6 is 24.0 Å². The molecule has 2 rings (SSSR count). The standard InChI is InChI=1S/C18H28FN3O2.HI/c1-2-20-18(21-10-3-12-24-17-9-13-23-14-17)22-11-8-15-4-6-16(19)7-5-15;/h4-7,17H,2-3,8-14H2,1H3,(H2,20,21,22);1H. The van der Waals surface area contributed by atoms with Crippen LogP contribution in [0, 0.1) is 5.82 Å². The quantitative estimate of drug-likeness (QED) is 0.255. The molecule has 0 saturated carbocycles. The molecule has 1 aromatic carbocycles. The number of rotatable bonds is 9. The lowest BCUT2D eigenvalue weighted by atomic mass is 10.1. The molecular formula is C18H29FIN3O2. The number of nitrogens with zero attached hydrogens (tertiary/aromatic N) is 1. The first-order valence-electron chi connectivity index (χ1n) is 8.74. The van der Waals surface area contributed by atoms with E-state index in [-0.39, 0.29) is 35.9 Å². The number of guanidine groups is 1. The van der Waals surface area contributed by atoms with Gasteiger partial charge in [-0.2, -0.15) is 0 Å². The fraction of sp³-hybridized carbons (Fsp3) is 0.611. The second kappa shape index (κ2) is 13.3. The second-order valence-electron chi connectivity index (χ2n) is 5.77. The average molecular weight is 465 g/mol. The van der Waals surface area contributed by atoms with Crippen LogP contribution < -0.4 is 10.6 Å². The molecule has 0 aromatic heterocycles. The molecule has 1 saturated heterocycles. The third kappa shape index (κ3) is 9.37. The topological polar surface area (TPSA) is 54.9 Å². The van der Waals surface area contributed by atoms with Crippen molar-refractivity contribution in [2.24, 2.45) is 4.99 Å². The molecule has 0 aliphatic carbocycles. The molecule has 1 atom stereocenters. The van der Waals surface area contributed by atoms with Crippen molar-refractivity contribution >= 4 is 29.9 Å². The number of ether oxygens (including phenoxy) is 2. The van der Waals surface area contributed by atoms with Gasteiger partial charge in [0, 0.05) is 32.8 Å². The van der Waals surface area contributed by atoms with Crippen LogP contribution in [0.5, 0.6) is 0 Å². The highest BCUT2D eigenvalue weighted by Gasteiger charge is 2.15. The Hall–Kier alpha value is -0.930. The van der Waals surface area contributed by atoms with Crippen LogP contribution in [-0.2, 0) is 15.9 Å². The van der Waals surface area contributed by atoms with Crippen molar-refractivity contribution in [1.29, 1.82) is 0 Å². The summed E-state index contributed by atoms with van der Waals surface area (Å²) in [6.45, 7) is 6.58. The predicted molar refractivity (Wildman–Crippen MR) is 109 cm³/mol. The summed E-state index contributed by atoms with van der Waals surface area (Å²) in [5.74, 6) is 0.608. The summed E-state index contributed by atoms with van der Waals surface area (Å²) in [4.78, 5) is 4.55. The maximum absolute atomic E-state index is 12.9. The summed E-state index contributed by atoms with van der Waals surface area (Å²) < 4.78 is 23.9. The van der Waals surface area contributed by atoms with Crippen molar-refractivity contribution in [3.05, 3.63) is 35.6 Å². The lowest BCUT2D eigenvalue weighted by molar-refractivity contribution is 0.0424. The molecule has 1 aromatic rings. The molecule has 1 fully saturated rings. The first-order chi connectivity index (χ1) is 11.8. The first kappa shape index (κ1) is 22.1. The van der Waals surface area contributed by atoms with Crippen LogP contribution in [0.3, 0.4) is 0 Å². The van der Waals surface area contributed by atoms with E-state index in [0.29, 0.717) is 6.61 Å². The van der Waals surface area contributed by atoms with Gasteiger partial charge in [-0.15, -0.1) is 24.0 Å². The number of benzene rings is 1. The van der Waals surface area contributed by atoms with Crippen molar-refractivity contribution in [3.63, 3.8) is 0 Å². The summed E-state index contributed by atoms with van der Waals surface area (Å²) in [6, 6.07) is 6.60.